The highest BCUT2D eigenvalue weighted by Crippen LogP contribution is 2.19. The van der Waals surface area contributed by atoms with E-state index in [1.807, 2.05) is 12.1 Å². The van der Waals surface area contributed by atoms with E-state index in [4.69, 9.17) is 22.6 Å². The van der Waals surface area contributed by atoms with Gasteiger partial charge in [-0.1, -0.05) is 12.1 Å². The van der Waals surface area contributed by atoms with Gasteiger partial charge in [0, 0.05) is 28.7 Å². The topological polar surface area (TPSA) is 127 Å². The van der Waals surface area contributed by atoms with Gasteiger partial charge in [-0.3, -0.25) is 0 Å². The Bertz CT molecular complexity index is 761. The highest BCUT2D eigenvalue weighted by Gasteiger charge is 2.01. The minimum atomic E-state index is 0.344. The summed E-state index contributed by atoms with van der Waals surface area (Å²) in [7, 11) is 0. The molecule has 6 heteroatoms. The fourth-order valence-corrected chi connectivity index (χ4v) is 1.91. The first-order valence-electron chi connectivity index (χ1n) is 6.65. The van der Waals surface area contributed by atoms with Crippen LogP contribution in [0.25, 0.3) is 0 Å². The van der Waals surface area contributed by atoms with Crippen molar-refractivity contribution < 1.29 is 0 Å². The first-order valence-corrected chi connectivity index (χ1v) is 6.65. The highest BCUT2D eigenvalue weighted by atomic mass is 15.0. The molecule has 0 unspecified atom stereocenters. The minimum absolute atomic E-state index is 0.344. The second-order valence-corrected chi connectivity index (χ2v) is 4.74. The third-order valence-corrected chi connectivity index (χ3v) is 2.98. The Balaban J connectivity index is 2.29. The molecule has 0 amide bonds. The number of rotatable bonds is 3. The zero-order valence-electron chi connectivity index (χ0n) is 12.2. The molecule has 0 aliphatic carbocycles. The number of nitrogen functional groups attached to an aromatic ring is 2. The van der Waals surface area contributed by atoms with E-state index >= 15 is 0 Å². The number of aliphatic imine (C=N–C) groups is 2. The van der Waals surface area contributed by atoms with E-state index < -0.39 is 0 Å². The fraction of sp³-hybridized carbons (Fsp3) is 0.0625. The molecule has 0 aliphatic rings. The van der Waals surface area contributed by atoms with E-state index in [1.165, 1.54) is 6.21 Å². The summed E-state index contributed by atoms with van der Waals surface area (Å²) in [6.45, 7) is 1.75. The van der Waals surface area contributed by atoms with Crippen LogP contribution in [0.5, 0.6) is 0 Å². The van der Waals surface area contributed by atoms with Crippen molar-refractivity contribution in [2.75, 3.05) is 11.5 Å². The minimum Gasteiger partial charge on any atom is -0.399 e. The summed E-state index contributed by atoms with van der Waals surface area (Å²) >= 11 is 0. The van der Waals surface area contributed by atoms with Crippen LogP contribution in [-0.2, 0) is 0 Å². The van der Waals surface area contributed by atoms with Crippen molar-refractivity contribution in [3.63, 3.8) is 0 Å². The molecule has 0 aromatic heterocycles. The molecule has 0 spiro atoms. The van der Waals surface area contributed by atoms with Crippen molar-refractivity contribution in [1.82, 2.24) is 0 Å². The van der Waals surface area contributed by atoms with E-state index in [-0.39, 0.29) is 0 Å². The molecule has 2 rings (SSSR count). The molecule has 0 saturated heterocycles. The lowest BCUT2D eigenvalue weighted by Crippen LogP contribution is -2.15. The number of anilines is 2. The van der Waals surface area contributed by atoms with Crippen molar-refractivity contribution in [3.05, 3.63) is 53.6 Å². The molecular weight excluding hydrogens is 276 g/mol. The van der Waals surface area contributed by atoms with Crippen molar-refractivity contribution in [3.8, 4) is 0 Å². The van der Waals surface area contributed by atoms with Crippen LogP contribution in [0.2, 0.25) is 0 Å². The van der Waals surface area contributed by atoms with Gasteiger partial charge in [0.05, 0.1) is 5.69 Å². The van der Waals surface area contributed by atoms with E-state index in [9.17, 15) is 0 Å². The average Bonchev–Trinajstić information content (AvgIpc) is 2.49. The number of benzene rings is 2. The van der Waals surface area contributed by atoms with E-state index in [0.29, 0.717) is 34.3 Å². The van der Waals surface area contributed by atoms with Gasteiger partial charge in [0.15, 0.2) is 0 Å². The summed E-state index contributed by atoms with van der Waals surface area (Å²) in [4.78, 5) is 8.62. The van der Waals surface area contributed by atoms with Gasteiger partial charge in [-0.2, -0.15) is 0 Å². The number of amidine groups is 2. The molecule has 0 heterocycles. The smallest absolute Gasteiger partial charge is 0.132 e. The predicted molar refractivity (Wildman–Crippen MR) is 93.1 cm³/mol. The van der Waals surface area contributed by atoms with Gasteiger partial charge in [-0.05, 0) is 37.3 Å². The number of nitrogens with zero attached hydrogens (tertiary/aromatic N) is 2. The molecule has 0 saturated carbocycles. The zero-order chi connectivity index (χ0) is 16.1. The molecular formula is C16H18N6. The first kappa shape index (κ1) is 15.2. The maximum absolute atomic E-state index is 7.30. The summed E-state index contributed by atoms with van der Waals surface area (Å²) < 4.78 is 0. The molecule has 7 N–H and O–H groups in total. The van der Waals surface area contributed by atoms with Crippen molar-refractivity contribution >= 4 is 34.9 Å². The number of nitrogens with one attached hydrogen (secondary N) is 1. The predicted octanol–water partition coefficient (Wildman–Crippen LogP) is 2.30. The zero-order valence-corrected chi connectivity index (χ0v) is 12.2. The molecule has 0 atom stereocenters. The maximum Gasteiger partial charge on any atom is 0.132 e. The largest absolute Gasteiger partial charge is 0.399 e. The van der Waals surface area contributed by atoms with Crippen molar-refractivity contribution in [2.45, 2.75) is 6.92 Å². The standard InChI is InChI=1S/C16H18N6/c1-10(21-14-5-6-15(19)12(8-14)9-17)22-16(20)11-3-2-4-13(18)7-11/h2-9,17H,18-19H2,1H3,(H2,20,21,22). The molecule has 6 nitrogen and oxygen atoms in total. The van der Waals surface area contributed by atoms with Gasteiger partial charge >= 0.3 is 0 Å². The van der Waals surface area contributed by atoms with Crippen LogP contribution in [0, 0.1) is 5.41 Å². The lowest BCUT2D eigenvalue weighted by atomic mass is 10.2. The number of hydrogen-bond donors (Lipinski definition) is 4. The molecule has 22 heavy (non-hydrogen) atoms. The maximum atomic E-state index is 7.30. The monoisotopic (exact) mass is 294 g/mol. The lowest BCUT2D eigenvalue weighted by molar-refractivity contribution is 1.41. The molecule has 2 aromatic rings. The summed E-state index contributed by atoms with van der Waals surface area (Å²) in [5.41, 5.74) is 20.6. The molecule has 0 radical (unpaired) electrons. The molecule has 2 aromatic carbocycles. The molecule has 0 aliphatic heterocycles. The van der Waals surface area contributed by atoms with Crippen LogP contribution in [0.1, 0.15) is 18.1 Å². The molecule has 0 bridgehead atoms. The molecule has 112 valence electrons. The normalized spacial score (nSPS) is 12.2. The van der Waals surface area contributed by atoms with Crippen LogP contribution in [0.15, 0.2) is 52.4 Å². The number of hydrogen-bond acceptors (Lipinski definition) is 4. The SMILES string of the molecule is CC(=Nc1ccc(N)c(C=N)c1)N=C(N)c1cccc(N)c1. The van der Waals surface area contributed by atoms with Crippen molar-refractivity contribution in [2.24, 2.45) is 15.7 Å². The Hall–Kier alpha value is -3.15. The van der Waals surface area contributed by atoms with Gasteiger partial charge in [0.25, 0.3) is 0 Å². The Kier molecular flexibility index (Phi) is 4.53. The fourth-order valence-electron chi connectivity index (χ4n) is 1.91. The average molecular weight is 294 g/mol. The third kappa shape index (κ3) is 3.69. The highest BCUT2D eigenvalue weighted by molar-refractivity contribution is 6.05. The van der Waals surface area contributed by atoms with Crippen LogP contribution >= 0.6 is 0 Å². The quantitative estimate of drug-likeness (QED) is 0.394. The van der Waals surface area contributed by atoms with Gasteiger partial charge < -0.3 is 22.6 Å². The Labute approximate surface area is 128 Å². The van der Waals surface area contributed by atoms with Crippen LogP contribution < -0.4 is 17.2 Å². The second kappa shape index (κ2) is 6.53. The second-order valence-electron chi connectivity index (χ2n) is 4.74. The van der Waals surface area contributed by atoms with Crippen LogP contribution in [-0.4, -0.2) is 17.9 Å². The summed E-state index contributed by atoms with van der Waals surface area (Å²) in [5.74, 6) is 0.844. The Morgan fingerprint density at radius 2 is 1.91 bits per heavy atom. The van der Waals surface area contributed by atoms with Crippen LogP contribution in [0.3, 0.4) is 0 Å². The molecule has 0 fully saturated rings. The Morgan fingerprint density at radius 1 is 1.14 bits per heavy atom. The summed E-state index contributed by atoms with van der Waals surface area (Å²) in [6.07, 6.45) is 1.19. The lowest BCUT2D eigenvalue weighted by Gasteiger charge is -2.03. The van der Waals surface area contributed by atoms with Gasteiger partial charge in [-0.25, -0.2) is 9.98 Å². The van der Waals surface area contributed by atoms with E-state index in [1.54, 1.807) is 37.3 Å². The van der Waals surface area contributed by atoms with Crippen molar-refractivity contribution in [1.29, 1.82) is 5.41 Å². The first-order chi connectivity index (χ1) is 10.5. The van der Waals surface area contributed by atoms with Gasteiger partial charge in [0.2, 0.25) is 0 Å². The van der Waals surface area contributed by atoms with Gasteiger partial charge in [0.1, 0.15) is 11.7 Å². The number of nitrogens with two attached hydrogens (primary N) is 3. The third-order valence-electron chi connectivity index (χ3n) is 2.98. The van der Waals surface area contributed by atoms with Gasteiger partial charge in [-0.15, -0.1) is 0 Å². The van der Waals surface area contributed by atoms with E-state index in [0.717, 1.165) is 5.56 Å². The van der Waals surface area contributed by atoms with Crippen LogP contribution in [0.4, 0.5) is 17.1 Å². The summed E-state index contributed by atoms with van der Waals surface area (Å²) in [6, 6.07) is 12.4. The van der Waals surface area contributed by atoms with E-state index in [2.05, 4.69) is 9.98 Å². The Morgan fingerprint density at radius 3 is 2.59 bits per heavy atom. The summed E-state index contributed by atoms with van der Waals surface area (Å²) in [5, 5.41) is 7.30.